The fourth-order valence-corrected chi connectivity index (χ4v) is 4.97. The Kier molecular flexibility index (Phi) is 5.62. The first-order valence-electron chi connectivity index (χ1n) is 7.87. The lowest BCUT2D eigenvalue weighted by molar-refractivity contribution is -0.132. The maximum Gasteiger partial charge on any atom is 0.240 e. The van der Waals surface area contributed by atoms with Gasteiger partial charge in [0.05, 0.1) is 5.75 Å². The molecule has 2 aliphatic heterocycles. The third-order valence-corrected chi connectivity index (χ3v) is 6.67. The zero-order valence-corrected chi connectivity index (χ0v) is 13.6. The summed E-state index contributed by atoms with van der Waals surface area (Å²) in [5.41, 5.74) is 5.63. The van der Waals surface area contributed by atoms with Gasteiger partial charge in [-0.15, -0.1) is 0 Å². The summed E-state index contributed by atoms with van der Waals surface area (Å²) in [4.78, 5) is 16.5. The Hall–Kier alpha value is -0.660. The van der Waals surface area contributed by atoms with Gasteiger partial charge in [-0.05, 0) is 25.3 Å². The van der Waals surface area contributed by atoms with Crippen LogP contribution >= 0.6 is 0 Å². The van der Waals surface area contributed by atoms with E-state index in [0.717, 1.165) is 26.1 Å². The van der Waals surface area contributed by atoms with E-state index in [-0.39, 0.29) is 11.7 Å². The fourth-order valence-electron chi connectivity index (χ4n) is 3.10. The Morgan fingerprint density at radius 3 is 2.48 bits per heavy atom. The van der Waals surface area contributed by atoms with Gasteiger partial charge in [-0.25, -0.2) is 8.42 Å². The zero-order valence-electron chi connectivity index (χ0n) is 12.8. The maximum atomic E-state index is 12.5. The number of hydrogen-bond acceptors (Lipinski definition) is 5. The van der Waals surface area contributed by atoms with E-state index in [1.807, 2.05) is 0 Å². The molecule has 2 rings (SSSR count). The van der Waals surface area contributed by atoms with E-state index in [9.17, 15) is 13.2 Å². The second kappa shape index (κ2) is 7.07. The van der Waals surface area contributed by atoms with Crippen LogP contribution in [-0.4, -0.2) is 74.4 Å². The number of sulfone groups is 1. The van der Waals surface area contributed by atoms with Gasteiger partial charge in [-0.3, -0.25) is 9.69 Å². The van der Waals surface area contributed by atoms with Gasteiger partial charge < -0.3 is 10.6 Å². The number of rotatable bonds is 4. The summed E-state index contributed by atoms with van der Waals surface area (Å²) in [6.07, 6.45) is 2.02. The van der Waals surface area contributed by atoms with Crippen molar-refractivity contribution >= 4 is 15.7 Å². The molecular formula is C14H27N3O3S. The summed E-state index contributed by atoms with van der Waals surface area (Å²) in [5.74, 6) is 0.435. The number of hydrogen-bond donors (Lipinski definition) is 1. The van der Waals surface area contributed by atoms with Crippen LogP contribution in [-0.2, 0) is 14.6 Å². The summed E-state index contributed by atoms with van der Waals surface area (Å²) in [5, 5.41) is -0.791. The number of amides is 1. The SMILES string of the molecule is CC(CN)CN1CCN(C(=O)C2CCCCS2(=O)=O)CC1. The van der Waals surface area contributed by atoms with Crippen molar-refractivity contribution in [2.75, 3.05) is 45.0 Å². The number of piperazine rings is 1. The largest absolute Gasteiger partial charge is 0.339 e. The van der Waals surface area contributed by atoms with Crippen LogP contribution in [0.2, 0.25) is 0 Å². The van der Waals surface area contributed by atoms with Crippen LogP contribution in [0.3, 0.4) is 0 Å². The van der Waals surface area contributed by atoms with Gasteiger partial charge in [-0.1, -0.05) is 13.3 Å². The number of carbonyl (C=O) groups is 1. The summed E-state index contributed by atoms with van der Waals surface area (Å²) < 4.78 is 24.1. The molecule has 0 saturated carbocycles. The summed E-state index contributed by atoms with van der Waals surface area (Å²) in [7, 11) is -3.23. The second-order valence-electron chi connectivity index (χ2n) is 6.32. The Balaban J connectivity index is 1.88. The highest BCUT2D eigenvalue weighted by molar-refractivity contribution is 7.92. The minimum atomic E-state index is -3.23. The molecule has 21 heavy (non-hydrogen) atoms. The van der Waals surface area contributed by atoms with E-state index >= 15 is 0 Å². The summed E-state index contributed by atoms with van der Waals surface area (Å²) in [6, 6.07) is 0. The molecule has 7 heteroatoms. The van der Waals surface area contributed by atoms with Crippen molar-refractivity contribution in [2.24, 2.45) is 11.7 Å². The average molecular weight is 317 g/mol. The summed E-state index contributed by atoms with van der Waals surface area (Å²) >= 11 is 0. The van der Waals surface area contributed by atoms with Crippen LogP contribution in [0.4, 0.5) is 0 Å². The predicted octanol–water partition coefficient (Wildman–Crippen LogP) is -0.307. The van der Waals surface area contributed by atoms with Crippen molar-refractivity contribution in [2.45, 2.75) is 31.4 Å². The molecule has 2 heterocycles. The molecule has 2 N–H and O–H groups in total. The highest BCUT2D eigenvalue weighted by atomic mass is 32.2. The van der Waals surface area contributed by atoms with Gasteiger partial charge in [0, 0.05) is 32.7 Å². The molecular weight excluding hydrogens is 290 g/mol. The van der Waals surface area contributed by atoms with Crippen LogP contribution < -0.4 is 5.73 Å². The Bertz CT molecular complexity index is 458. The minimum Gasteiger partial charge on any atom is -0.339 e. The van der Waals surface area contributed by atoms with Crippen LogP contribution in [0.25, 0.3) is 0 Å². The molecule has 0 spiro atoms. The molecule has 0 aromatic heterocycles. The molecule has 1 amide bonds. The van der Waals surface area contributed by atoms with Gasteiger partial charge in [0.15, 0.2) is 9.84 Å². The maximum absolute atomic E-state index is 12.5. The topological polar surface area (TPSA) is 83.7 Å². The van der Waals surface area contributed by atoms with Crippen molar-refractivity contribution in [3.05, 3.63) is 0 Å². The first-order chi connectivity index (χ1) is 9.94. The lowest BCUT2D eigenvalue weighted by atomic mass is 10.1. The Morgan fingerprint density at radius 2 is 1.90 bits per heavy atom. The smallest absolute Gasteiger partial charge is 0.240 e. The van der Waals surface area contributed by atoms with Crippen molar-refractivity contribution in [1.29, 1.82) is 0 Å². The van der Waals surface area contributed by atoms with E-state index in [1.54, 1.807) is 4.90 Å². The molecule has 0 aliphatic carbocycles. The Morgan fingerprint density at radius 1 is 1.24 bits per heavy atom. The molecule has 2 saturated heterocycles. The molecule has 0 aromatic carbocycles. The first kappa shape index (κ1) is 16.7. The molecule has 2 aliphatic rings. The van der Waals surface area contributed by atoms with Crippen LogP contribution in [0.1, 0.15) is 26.2 Å². The molecule has 122 valence electrons. The first-order valence-corrected chi connectivity index (χ1v) is 9.58. The lowest BCUT2D eigenvalue weighted by Crippen LogP contribution is -2.54. The van der Waals surface area contributed by atoms with Crippen molar-refractivity contribution in [1.82, 2.24) is 9.80 Å². The van der Waals surface area contributed by atoms with Gasteiger partial charge >= 0.3 is 0 Å². The third kappa shape index (κ3) is 4.17. The Labute approximate surface area is 127 Å². The molecule has 2 unspecified atom stereocenters. The van der Waals surface area contributed by atoms with Gasteiger partial charge in [0.1, 0.15) is 5.25 Å². The molecule has 2 atom stereocenters. The van der Waals surface area contributed by atoms with Gasteiger partial charge in [0.2, 0.25) is 5.91 Å². The molecule has 0 aromatic rings. The third-order valence-electron chi connectivity index (χ3n) is 4.51. The van der Waals surface area contributed by atoms with Gasteiger partial charge in [-0.2, -0.15) is 0 Å². The number of nitrogens with zero attached hydrogens (tertiary/aromatic N) is 2. The molecule has 0 radical (unpaired) electrons. The fraction of sp³-hybridized carbons (Fsp3) is 0.929. The van der Waals surface area contributed by atoms with Crippen LogP contribution in [0.15, 0.2) is 0 Å². The average Bonchev–Trinajstić information content (AvgIpc) is 2.47. The predicted molar refractivity (Wildman–Crippen MR) is 82.7 cm³/mol. The van der Waals surface area contributed by atoms with E-state index in [2.05, 4.69) is 11.8 Å². The second-order valence-corrected chi connectivity index (χ2v) is 8.62. The van der Waals surface area contributed by atoms with E-state index in [1.165, 1.54) is 0 Å². The standard InChI is InChI=1S/C14H27N3O3S/c1-12(10-15)11-16-5-7-17(8-6-16)14(18)13-4-2-3-9-21(13,19)20/h12-13H,2-11,15H2,1H3. The quantitative estimate of drug-likeness (QED) is 0.769. The zero-order chi connectivity index (χ0) is 15.5. The van der Waals surface area contributed by atoms with E-state index in [0.29, 0.717) is 38.4 Å². The molecule has 6 nitrogen and oxygen atoms in total. The van der Waals surface area contributed by atoms with Crippen LogP contribution in [0.5, 0.6) is 0 Å². The molecule has 2 fully saturated rings. The van der Waals surface area contributed by atoms with Crippen LogP contribution in [0, 0.1) is 5.92 Å². The van der Waals surface area contributed by atoms with Crippen molar-refractivity contribution < 1.29 is 13.2 Å². The monoisotopic (exact) mass is 317 g/mol. The van der Waals surface area contributed by atoms with Crippen molar-refractivity contribution in [3.8, 4) is 0 Å². The van der Waals surface area contributed by atoms with Crippen molar-refractivity contribution in [3.63, 3.8) is 0 Å². The summed E-state index contributed by atoms with van der Waals surface area (Å²) in [6.45, 7) is 6.60. The number of nitrogens with two attached hydrogens (primary N) is 1. The normalized spacial score (nSPS) is 28.3. The van der Waals surface area contributed by atoms with E-state index in [4.69, 9.17) is 5.73 Å². The highest BCUT2D eigenvalue weighted by Gasteiger charge is 2.38. The van der Waals surface area contributed by atoms with Gasteiger partial charge in [0.25, 0.3) is 0 Å². The highest BCUT2D eigenvalue weighted by Crippen LogP contribution is 2.22. The van der Waals surface area contributed by atoms with E-state index < -0.39 is 15.1 Å². The number of carbonyl (C=O) groups excluding carboxylic acids is 1. The minimum absolute atomic E-state index is 0.164. The lowest BCUT2D eigenvalue weighted by Gasteiger charge is -2.37. The molecule has 0 bridgehead atoms.